The molecule has 4 rings (SSSR count). The molecule has 4 aromatic rings. The predicted molar refractivity (Wildman–Crippen MR) is 106 cm³/mol. The number of H-pyrrole nitrogens is 1. The van der Waals surface area contributed by atoms with Gasteiger partial charge in [0.15, 0.2) is 5.82 Å². The number of carbonyl (C=O) groups excluding carboxylic acids is 1. The Hall–Kier alpha value is -3.68. The number of amides is 1. The van der Waals surface area contributed by atoms with E-state index in [1.165, 1.54) is 4.68 Å². The van der Waals surface area contributed by atoms with Crippen molar-refractivity contribution in [1.82, 2.24) is 24.5 Å². The lowest BCUT2D eigenvalue weighted by Gasteiger charge is -2.10. The zero-order valence-electron chi connectivity index (χ0n) is 15.6. The minimum Gasteiger partial charge on any atom is -0.361 e. The molecule has 0 atom stereocenters. The van der Waals surface area contributed by atoms with Crippen molar-refractivity contribution < 1.29 is 4.79 Å². The van der Waals surface area contributed by atoms with Gasteiger partial charge in [-0.25, -0.2) is 0 Å². The SMILES string of the molecule is Cc1ccn(CCc2c[nH]c3ccccc23)c(=O)c1C(=O)Nc1cn(C)nn1. The third-order valence-corrected chi connectivity index (χ3v) is 4.74. The zero-order valence-corrected chi connectivity index (χ0v) is 15.6. The molecule has 0 spiro atoms. The predicted octanol–water partition coefficient (Wildman–Crippen LogP) is 2.26. The summed E-state index contributed by atoms with van der Waals surface area (Å²) >= 11 is 0. The molecular weight excluding hydrogens is 356 g/mol. The number of carbonyl (C=O) groups is 1. The Bertz CT molecular complexity index is 1220. The number of aromatic nitrogens is 5. The normalized spacial score (nSPS) is 11.1. The van der Waals surface area contributed by atoms with E-state index in [1.807, 2.05) is 24.4 Å². The van der Waals surface area contributed by atoms with Crippen LogP contribution in [0.4, 0.5) is 5.82 Å². The van der Waals surface area contributed by atoms with Crippen LogP contribution in [0.15, 0.2) is 53.7 Å². The maximum absolute atomic E-state index is 12.9. The molecule has 0 aliphatic heterocycles. The summed E-state index contributed by atoms with van der Waals surface area (Å²) in [7, 11) is 1.70. The fourth-order valence-electron chi connectivity index (χ4n) is 3.28. The number of anilines is 1. The lowest BCUT2D eigenvalue weighted by atomic mass is 10.1. The summed E-state index contributed by atoms with van der Waals surface area (Å²) in [5.74, 6) is -0.176. The molecule has 3 aromatic heterocycles. The van der Waals surface area contributed by atoms with Crippen molar-refractivity contribution in [3.05, 3.63) is 76.0 Å². The molecular formula is C20H20N6O2. The lowest BCUT2D eigenvalue weighted by molar-refractivity contribution is 0.102. The smallest absolute Gasteiger partial charge is 0.263 e. The molecule has 8 nitrogen and oxygen atoms in total. The first-order valence-electron chi connectivity index (χ1n) is 8.95. The van der Waals surface area contributed by atoms with Gasteiger partial charge in [0.05, 0.1) is 6.20 Å². The van der Waals surface area contributed by atoms with Crippen LogP contribution in [0, 0.1) is 6.92 Å². The highest BCUT2D eigenvalue weighted by molar-refractivity contribution is 6.04. The molecule has 0 saturated carbocycles. The number of hydrogen-bond acceptors (Lipinski definition) is 4. The molecule has 3 heterocycles. The molecule has 0 saturated heterocycles. The molecule has 0 aliphatic carbocycles. The summed E-state index contributed by atoms with van der Waals surface area (Å²) < 4.78 is 3.05. The van der Waals surface area contributed by atoms with Crippen molar-refractivity contribution >= 4 is 22.6 Å². The van der Waals surface area contributed by atoms with E-state index in [4.69, 9.17) is 0 Å². The Morgan fingerprint density at radius 2 is 2.07 bits per heavy atom. The molecule has 142 valence electrons. The number of aryl methyl sites for hydroxylation is 4. The Morgan fingerprint density at radius 3 is 2.86 bits per heavy atom. The first kappa shape index (κ1) is 17.7. The first-order valence-corrected chi connectivity index (χ1v) is 8.95. The second kappa shape index (κ2) is 7.15. The van der Waals surface area contributed by atoms with Crippen LogP contribution in [-0.4, -0.2) is 30.5 Å². The molecule has 0 unspecified atom stereocenters. The maximum Gasteiger partial charge on any atom is 0.263 e. The molecule has 1 amide bonds. The molecule has 2 N–H and O–H groups in total. The third-order valence-electron chi connectivity index (χ3n) is 4.74. The molecule has 28 heavy (non-hydrogen) atoms. The molecule has 8 heteroatoms. The summed E-state index contributed by atoms with van der Waals surface area (Å²) in [5, 5.41) is 11.4. The summed E-state index contributed by atoms with van der Waals surface area (Å²) in [6, 6.07) is 9.83. The van der Waals surface area contributed by atoms with Gasteiger partial charge in [0.2, 0.25) is 0 Å². The lowest BCUT2D eigenvalue weighted by Crippen LogP contribution is -2.30. The van der Waals surface area contributed by atoms with Crippen LogP contribution >= 0.6 is 0 Å². The summed E-state index contributed by atoms with van der Waals surface area (Å²) in [4.78, 5) is 28.8. The van der Waals surface area contributed by atoms with Crippen molar-refractivity contribution in [3.63, 3.8) is 0 Å². The number of rotatable bonds is 5. The van der Waals surface area contributed by atoms with Crippen LogP contribution in [0.1, 0.15) is 21.5 Å². The molecule has 0 fully saturated rings. The van der Waals surface area contributed by atoms with Gasteiger partial charge in [-0.05, 0) is 36.6 Å². The number of benzene rings is 1. The third kappa shape index (κ3) is 3.32. The van der Waals surface area contributed by atoms with E-state index in [-0.39, 0.29) is 11.1 Å². The minimum absolute atomic E-state index is 0.118. The van der Waals surface area contributed by atoms with Crippen LogP contribution in [0.25, 0.3) is 10.9 Å². The monoisotopic (exact) mass is 376 g/mol. The zero-order chi connectivity index (χ0) is 19.7. The van der Waals surface area contributed by atoms with Crippen LogP contribution < -0.4 is 10.9 Å². The number of nitrogens with one attached hydrogen (secondary N) is 2. The van der Waals surface area contributed by atoms with Gasteiger partial charge in [-0.15, -0.1) is 5.10 Å². The largest absolute Gasteiger partial charge is 0.361 e. The number of fused-ring (bicyclic) bond motifs is 1. The average molecular weight is 376 g/mol. The second-order valence-corrected chi connectivity index (χ2v) is 6.71. The number of aromatic amines is 1. The highest BCUT2D eigenvalue weighted by Crippen LogP contribution is 2.18. The van der Waals surface area contributed by atoms with Gasteiger partial charge in [0.1, 0.15) is 5.56 Å². The quantitative estimate of drug-likeness (QED) is 0.558. The summed E-state index contributed by atoms with van der Waals surface area (Å²) in [6.07, 6.45) is 5.95. The Kier molecular flexibility index (Phi) is 4.52. The maximum atomic E-state index is 12.9. The van der Waals surface area contributed by atoms with Gasteiger partial charge in [-0.2, -0.15) is 0 Å². The Balaban J connectivity index is 1.57. The molecule has 0 radical (unpaired) electrons. The number of hydrogen-bond donors (Lipinski definition) is 2. The average Bonchev–Trinajstić information content (AvgIpc) is 3.27. The highest BCUT2D eigenvalue weighted by atomic mass is 16.2. The van der Waals surface area contributed by atoms with Crippen molar-refractivity contribution in [1.29, 1.82) is 0 Å². The Morgan fingerprint density at radius 1 is 1.25 bits per heavy atom. The topological polar surface area (TPSA) is 97.6 Å². The van der Waals surface area contributed by atoms with Crippen LogP contribution in [-0.2, 0) is 20.0 Å². The fraction of sp³-hybridized carbons (Fsp3) is 0.200. The van der Waals surface area contributed by atoms with Crippen molar-refractivity contribution in [3.8, 4) is 0 Å². The van der Waals surface area contributed by atoms with Gasteiger partial charge in [-0.1, -0.05) is 23.4 Å². The molecule has 1 aromatic carbocycles. The van der Waals surface area contributed by atoms with E-state index in [0.29, 0.717) is 24.3 Å². The molecule has 0 aliphatic rings. The summed E-state index contributed by atoms with van der Waals surface area (Å²) in [6.45, 7) is 2.23. The molecule has 0 bridgehead atoms. The van der Waals surface area contributed by atoms with E-state index < -0.39 is 5.91 Å². The van der Waals surface area contributed by atoms with Gasteiger partial charge in [0.25, 0.3) is 11.5 Å². The van der Waals surface area contributed by atoms with Gasteiger partial charge in [-0.3, -0.25) is 14.3 Å². The van der Waals surface area contributed by atoms with E-state index in [0.717, 1.165) is 16.5 Å². The first-order chi connectivity index (χ1) is 13.5. The van der Waals surface area contributed by atoms with E-state index in [2.05, 4.69) is 26.7 Å². The fourth-order valence-corrected chi connectivity index (χ4v) is 3.28. The summed E-state index contributed by atoms with van der Waals surface area (Å²) in [5.41, 5.74) is 2.62. The van der Waals surface area contributed by atoms with Crippen LogP contribution in [0.3, 0.4) is 0 Å². The van der Waals surface area contributed by atoms with Crippen LogP contribution in [0.5, 0.6) is 0 Å². The van der Waals surface area contributed by atoms with Crippen molar-refractivity contribution in [2.45, 2.75) is 19.9 Å². The number of para-hydroxylation sites is 1. The number of nitrogens with zero attached hydrogens (tertiary/aromatic N) is 4. The Labute approximate surface area is 160 Å². The minimum atomic E-state index is -0.482. The van der Waals surface area contributed by atoms with Gasteiger partial charge < -0.3 is 14.9 Å². The van der Waals surface area contributed by atoms with Crippen molar-refractivity contribution in [2.24, 2.45) is 7.05 Å². The van der Waals surface area contributed by atoms with E-state index in [1.54, 1.807) is 37.0 Å². The van der Waals surface area contributed by atoms with E-state index in [9.17, 15) is 9.59 Å². The standard InChI is InChI=1S/C20H20N6O2/c1-13-7-9-26(10-8-14-11-21-16-6-4-3-5-15(14)16)20(28)18(13)19(27)22-17-12-25(2)24-23-17/h3-7,9,11-12,21H,8,10H2,1-2H3,(H,22,27). The van der Waals surface area contributed by atoms with E-state index >= 15 is 0 Å². The highest BCUT2D eigenvalue weighted by Gasteiger charge is 2.17. The van der Waals surface area contributed by atoms with Gasteiger partial charge >= 0.3 is 0 Å². The van der Waals surface area contributed by atoms with Crippen LogP contribution in [0.2, 0.25) is 0 Å². The van der Waals surface area contributed by atoms with Crippen molar-refractivity contribution in [2.75, 3.05) is 5.32 Å². The second-order valence-electron chi connectivity index (χ2n) is 6.71. The number of pyridine rings is 1. The van der Waals surface area contributed by atoms with Gasteiger partial charge in [0, 0.05) is 36.9 Å².